The van der Waals surface area contributed by atoms with Gasteiger partial charge in [-0.05, 0) is 36.4 Å². The maximum absolute atomic E-state index is 11.9. The van der Waals surface area contributed by atoms with Gasteiger partial charge in [-0.1, -0.05) is 0 Å². The molecule has 17 heavy (non-hydrogen) atoms. The minimum Gasteiger partial charge on any atom is -0.461 e. The summed E-state index contributed by atoms with van der Waals surface area (Å²) in [4.78, 5) is 23.9. The Morgan fingerprint density at radius 1 is 1.24 bits per heavy atom. The molecule has 1 aromatic carbocycles. The zero-order chi connectivity index (χ0) is 12.3. The molecule has 2 aromatic rings. The number of rotatable bonds is 4. The van der Waals surface area contributed by atoms with Gasteiger partial charge >= 0.3 is 0 Å². The fourth-order valence-corrected chi connectivity index (χ4v) is 1.46. The van der Waals surface area contributed by atoms with E-state index >= 15 is 0 Å². The Balaban J connectivity index is 2.24. The minimum absolute atomic E-state index is 0.171. The van der Waals surface area contributed by atoms with Crippen LogP contribution in [0.4, 0.5) is 5.69 Å². The molecule has 0 aliphatic rings. The van der Waals surface area contributed by atoms with E-state index < -0.39 is 0 Å². The van der Waals surface area contributed by atoms with Gasteiger partial charge in [0.05, 0.1) is 6.26 Å². The Kier molecular flexibility index (Phi) is 3.05. The lowest BCUT2D eigenvalue weighted by atomic mass is 10.1. The molecule has 0 bridgehead atoms. The molecule has 0 atom stereocenters. The van der Waals surface area contributed by atoms with Crippen LogP contribution in [0.3, 0.4) is 0 Å². The van der Waals surface area contributed by atoms with Gasteiger partial charge in [-0.3, -0.25) is 9.59 Å². The van der Waals surface area contributed by atoms with E-state index in [0.717, 1.165) is 5.69 Å². The number of nitrogens with zero attached hydrogens (tertiary/aromatic N) is 1. The van der Waals surface area contributed by atoms with Crippen molar-refractivity contribution in [2.45, 2.75) is 0 Å². The van der Waals surface area contributed by atoms with Gasteiger partial charge in [0.25, 0.3) is 0 Å². The lowest BCUT2D eigenvalue weighted by Gasteiger charge is -2.10. The highest BCUT2D eigenvalue weighted by Crippen LogP contribution is 2.15. The molecule has 0 saturated heterocycles. The van der Waals surface area contributed by atoms with Crippen LogP contribution in [-0.4, -0.2) is 19.2 Å². The molecule has 4 nitrogen and oxygen atoms in total. The molecule has 4 heteroatoms. The molecule has 0 spiro atoms. The first-order valence-electron chi connectivity index (χ1n) is 5.09. The van der Waals surface area contributed by atoms with Gasteiger partial charge in [0.1, 0.15) is 0 Å². The molecule has 0 saturated carbocycles. The molecule has 0 aliphatic heterocycles. The number of carbonyl (C=O) groups excluding carboxylic acids is 2. The Labute approximate surface area is 98.5 Å². The quantitative estimate of drug-likeness (QED) is 0.596. The van der Waals surface area contributed by atoms with Gasteiger partial charge in [-0.2, -0.15) is 0 Å². The highest BCUT2D eigenvalue weighted by Gasteiger charge is 2.11. The summed E-state index contributed by atoms with van der Waals surface area (Å²) < 4.78 is 5.03. The van der Waals surface area contributed by atoms with E-state index in [1.165, 1.54) is 11.2 Å². The third kappa shape index (κ3) is 2.25. The molecule has 1 amide bonds. The third-order valence-electron chi connectivity index (χ3n) is 2.44. The third-order valence-corrected chi connectivity index (χ3v) is 2.44. The topological polar surface area (TPSA) is 50.5 Å². The fraction of sp³-hybridized carbons (Fsp3) is 0.0769. The fourth-order valence-electron chi connectivity index (χ4n) is 1.46. The van der Waals surface area contributed by atoms with Crippen LogP contribution in [0, 0.1) is 0 Å². The lowest BCUT2D eigenvalue weighted by molar-refractivity contribution is -0.107. The minimum atomic E-state index is -0.171. The summed E-state index contributed by atoms with van der Waals surface area (Å²) in [5.41, 5.74) is 1.26. The van der Waals surface area contributed by atoms with Crippen molar-refractivity contribution in [3.05, 3.63) is 54.0 Å². The zero-order valence-electron chi connectivity index (χ0n) is 9.29. The molecule has 0 N–H and O–H groups in total. The summed E-state index contributed by atoms with van der Waals surface area (Å²) in [5.74, 6) is 0.136. The van der Waals surface area contributed by atoms with Crippen LogP contribution in [0.5, 0.6) is 0 Å². The molecule has 0 aliphatic carbocycles. The first-order valence-corrected chi connectivity index (χ1v) is 5.09. The van der Waals surface area contributed by atoms with E-state index in [0.29, 0.717) is 17.7 Å². The van der Waals surface area contributed by atoms with Crippen molar-refractivity contribution in [2.24, 2.45) is 0 Å². The Bertz CT molecular complexity index is 514. The average Bonchev–Trinajstić information content (AvgIpc) is 2.91. The molecule has 1 heterocycles. The second-order valence-electron chi connectivity index (χ2n) is 3.57. The van der Waals surface area contributed by atoms with E-state index in [-0.39, 0.29) is 5.78 Å². The first-order chi connectivity index (χ1) is 8.22. The second kappa shape index (κ2) is 4.65. The first kappa shape index (κ1) is 11.1. The number of furan rings is 1. The highest BCUT2D eigenvalue weighted by atomic mass is 16.3. The number of carbonyl (C=O) groups is 2. The molecule has 0 fully saturated rings. The summed E-state index contributed by atoms with van der Waals surface area (Å²) >= 11 is 0. The molecule has 0 radical (unpaired) electrons. The van der Waals surface area contributed by atoms with Crippen molar-refractivity contribution in [1.29, 1.82) is 0 Å². The van der Waals surface area contributed by atoms with Gasteiger partial charge in [0.15, 0.2) is 5.76 Å². The van der Waals surface area contributed by atoms with E-state index in [1.54, 1.807) is 43.4 Å². The number of hydrogen-bond acceptors (Lipinski definition) is 3. The van der Waals surface area contributed by atoms with Gasteiger partial charge in [0.2, 0.25) is 12.2 Å². The maximum Gasteiger partial charge on any atom is 0.228 e. The maximum atomic E-state index is 11.9. The number of hydrogen-bond donors (Lipinski definition) is 0. The normalized spacial score (nSPS) is 9.94. The molecule has 1 aromatic heterocycles. The molecular formula is C13H11NO3. The molecule has 86 valence electrons. The standard InChI is InChI=1S/C13H11NO3/c1-14(9-15)11-6-4-10(5-7-11)13(16)12-3-2-8-17-12/h2-9H,1H3. The van der Waals surface area contributed by atoms with E-state index in [9.17, 15) is 9.59 Å². The summed E-state index contributed by atoms with van der Waals surface area (Å²) in [6.07, 6.45) is 2.17. The van der Waals surface area contributed by atoms with Crippen molar-refractivity contribution in [1.82, 2.24) is 0 Å². The van der Waals surface area contributed by atoms with E-state index in [4.69, 9.17) is 4.42 Å². The highest BCUT2D eigenvalue weighted by molar-refractivity contribution is 6.07. The number of ketones is 1. The average molecular weight is 229 g/mol. The van der Waals surface area contributed by atoms with Crippen molar-refractivity contribution >= 4 is 17.9 Å². The van der Waals surface area contributed by atoms with Crippen molar-refractivity contribution in [3.8, 4) is 0 Å². The van der Waals surface area contributed by atoms with Crippen molar-refractivity contribution in [2.75, 3.05) is 11.9 Å². The Hall–Kier alpha value is -2.36. The van der Waals surface area contributed by atoms with Gasteiger partial charge < -0.3 is 9.32 Å². The van der Waals surface area contributed by atoms with Crippen LogP contribution >= 0.6 is 0 Å². The van der Waals surface area contributed by atoms with Gasteiger partial charge in [0, 0.05) is 18.3 Å². The summed E-state index contributed by atoms with van der Waals surface area (Å²) in [6, 6.07) is 10.0. The predicted molar refractivity (Wildman–Crippen MR) is 63.0 cm³/mol. The molecular weight excluding hydrogens is 218 g/mol. The Morgan fingerprint density at radius 2 is 1.94 bits per heavy atom. The van der Waals surface area contributed by atoms with Crippen LogP contribution in [-0.2, 0) is 4.79 Å². The number of benzene rings is 1. The molecule has 2 rings (SSSR count). The second-order valence-corrected chi connectivity index (χ2v) is 3.57. The largest absolute Gasteiger partial charge is 0.461 e. The Morgan fingerprint density at radius 3 is 2.47 bits per heavy atom. The monoisotopic (exact) mass is 229 g/mol. The molecule has 0 unspecified atom stereocenters. The summed E-state index contributed by atoms with van der Waals surface area (Å²) in [6.45, 7) is 0. The summed E-state index contributed by atoms with van der Waals surface area (Å²) in [5, 5.41) is 0. The van der Waals surface area contributed by atoms with Crippen LogP contribution in [0.1, 0.15) is 16.1 Å². The van der Waals surface area contributed by atoms with Crippen molar-refractivity contribution in [3.63, 3.8) is 0 Å². The van der Waals surface area contributed by atoms with Crippen molar-refractivity contribution < 1.29 is 14.0 Å². The summed E-state index contributed by atoms with van der Waals surface area (Å²) in [7, 11) is 1.65. The number of anilines is 1. The van der Waals surface area contributed by atoms with Crippen LogP contribution in [0.15, 0.2) is 47.1 Å². The van der Waals surface area contributed by atoms with E-state index in [1.807, 2.05) is 0 Å². The van der Waals surface area contributed by atoms with Crippen LogP contribution in [0.25, 0.3) is 0 Å². The SMILES string of the molecule is CN(C=O)c1ccc(C(=O)c2ccco2)cc1. The van der Waals surface area contributed by atoms with Gasteiger partial charge in [-0.25, -0.2) is 0 Å². The smallest absolute Gasteiger partial charge is 0.228 e. The van der Waals surface area contributed by atoms with Gasteiger partial charge in [-0.15, -0.1) is 0 Å². The van der Waals surface area contributed by atoms with Crippen LogP contribution in [0.2, 0.25) is 0 Å². The van der Waals surface area contributed by atoms with Crippen LogP contribution < -0.4 is 4.90 Å². The zero-order valence-corrected chi connectivity index (χ0v) is 9.29. The predicted octanol–water partition coefficient (Wildman–Crippen LogP) is 2.10. The lowest BCUT2D eigenvalue weighted by Crippen LogP contribution is -2.13. The van der Waals surface area contributed by atoms with E-state index in [2.05, 4.69) is 0 Å². The number of amides is 1.